The fraction of sp³-hybridized carbons (Fsp3) is 0.500. The van der Waals surface area contributed by atoms with Crippen molar-refractivity contribution in [2.24, 2.45) is 0 Å². The van der Waals surface area contributed by atoms with Crippen molar-refractivity contribution in [3.05, 3.63) is 33.9 Å². The van der Waals surface area contributed by atoms with E-state index in [1.165, 1.54) is 24.2 Å². The molecule has 13 heavy (non-hydrogen) atoms. The van der Waals surface area contributed by atoms with Crippen LogP contribution < -0.4 is 4.87 Å². The van der Waals surface area contributed by atoms with Crippen LogP contribution in [0.4, 0.5) is 0 Å². The molecule has 0 bridgehead atoms. The Bertz CT molecular complexity index is 300. The van der Waals surface area contributed by atoms with E-state index in [1.54, 1.807) is 4.57 Å². The van der Waals surface area contributed by atoms with E-state index in [1.807, 2.05) is 17.7 Å². The van der Waals surface area contributed by atoms with Gasteiger partial charge in [-0.1, -0.05) is 23.8 Å². The quantitative estimate of drug-likeness (QED) is 0.507. The highest BCUT2D eigenvalue weighted by Crippen LogP contribution is 2.02. The van der Waals surface area contributed by atoms with Gasteiger partial charge in [-0.15, -0.1) is 6.58 Å². The Morgan fingerprint density at radius 2 is 2.31 bits per heavy atom. The van der Waals surface area contributed by atoms with Gasteiger partial charge in [-0.25, -0.2) is 0 Å². The van der Waals surface area contributed by atoms with Gasteiger partial charge in [0.15, 0.2) is 0 Å². The van der Waals surface area contributed by atoms with Gasteiger partial charge in [0.1, 0.15) is 0 Å². The minimum atomic E-state index is 0.156. The molecule has 0 spiro atoms. The first-order chi connectivity index (χ1) is 6.34. The Morgan fingerprint density at radius 3 is 2.92 bits per heavy atom. The Morgan fingerprint density at radius 1 is 1.46 bits per heavy atom. The van der Waals surface area contributed by atoms with Gasteiger partial charge < -0.3 is 4.57 Å². The minimum Gasteiger partial charge on any atom is -0.306 e. The molecule has 0 aliphatic rings. The Hall–Kier alpha value is -0.830. The van der Waals surface area contributed by atoms with Crippen molar-refractivity contribution < 1.29 is 0 Å². The maximum atomic E-state index is 11.1. The number of nitrogens with zero attached hydrogens (tertiary/aromatic N) is 1. The van der Waals surface area contributed by atoms with Gasteiger partial charge in [0.05, 0.1) is 0 Å². The predicted molar refractivity (Wildman–Crippen MR) is 57.2 cm³/mol. The molecule has 0 N–H and O–H groups in total. The monoisotopic (exact) mass is 197 g/mol. The minimum absolute atomic E-state index is 0.156. The lowest BCUT2D eigenvalue weighted by Crippen LogP contribution is -2.11. The van der Waals surface area contributed by atoms with Crippen LogP contribution in [-0.2, 0) is 6.54 Å². The summed E-state index contributed by atoms with van der Waals surface area (Å²) in [6, 6.07) is 0. The van der Waals surface area contributed by atoms with Crippen LogP contribution >= 0.6 is 11.3 Å². The molecule has 3 heteroatoms. The maximum Gasteiger partial charge on any atom is 0.307 e. The van der Waals surface area contributed by atoms with E-state index in [4.69, 9.17) is 0 Å². The molecule has 1 rings (SSSR count). The number of allylic oxidation sites excluding steroid dienone is 1. The summed E-state index contributed by atoms with van der Waals surface area (Å²) in [7, 11) is 0. The summed E-state index contributed by atoms with van der Waals surface area (Å²) in [5, 5.41) is 1.84. The van der Waals surface area contributed by atoms with Crippen molar-refractivity contribution in [2.45, 2.75) is 32.2 Å². The van der Waals surface area contributed by atoms with Gasteiger partial charge in [0.25, 0.3) is 0 Å². The molecule has 0 aliphatic heterocycles. The van der Waals surface area contributed by atoms with E-state index in [9.17, 15) is 4.79 Å². The first kappa shape index (κ1) is 10.3. The molecule has 0 atom stereocenters. The molecule has 0 fully saturated rings. The summed E-state index contributed by atoms with van der Waals surface area (Å²) >= 11 is 1.26. The standard InChI is InChI=1S/C10H15NOS/c1-2-3-4-5-6-7-11-8-9-13-10(11)12/h2,8-9H,1,3-7H2. The SMILES string of the molecule is C=CCCCCCn1ccsc1=O. The lowest BCUT2D eigenvalue weighted by atomic mass is 10.2. The second kappa shape index (κ2) is 5.75. The number of thiazole rings is 1. The normalized spacial score (nSPS) is 10.2. The molecule has 72 valence electrons. The molecule has 0 aliphatic carbocycles. The van der Waals surface area contributed by atoms with Crippen molar-refractivity contribution >= 4 is 11.3 Å². The van der Waals surface area contributed by atoms with Crippen LogP contribution in [0.15, 0.2) is 29.0 Å². The topological polar surface area (TPSA) is 22.0 Å². The van der Waals surface area contributed by atoms with Gasteiger partial charge >= 0.3 is 4.87 Å². The van der Waals surface area contributed by atoms with Crippen LogP contribution in [0.5, 0.6) is 0 Å². The van der Waals surface area contributed by atoms with Gasteiger partial charge in [0, 0.05) is 18.1 Å². The van der Waals surface area contributed by atoms with Crippen molar-refractivity contribution in [2.75, 3.05) is 0 Å². The Balaban J connectivity index is 2.17. The van der Waals surface area contributed by atoms with Crippen molar-refractivity contribution in [3.63, 3.8) is 0 Å². The fourth-order valence-electron chi connectivity index (χ4n) is 1.20. The molecular weight excluding hydrogens is 182 g/mol. The van der Waals surface area contributed by atoms with Gasteiger partial charge in [-0.2, -0.15) is 0 Å². The third kappa shape index (κ3) is 3.59. The van der Waals surface area contributed by atoms with E-state index < -0.39 is 0 Å². The molecule has 0 aromatic carbocycles. The van der Waals surface area contributed by atoms with E-state index in [0.717, 1.165) is 19.4 Å². The number of hydrogen-bond donors (Lipinski definition) is 0. The van der Waals surface area contributed by atoms with Crippen LogP contribution in [0.3, 0.4) is 0 Å². The van der Waals surface area contributed by atoms with Crippen LogP contribution in [0.2, 0.25) is 0 Å². The zero-order chi connectivity index (χ0) is 9.52. The van der Waals surface area contributed by atoms with Crippen LogP contribution in [0.25, 0.3) is 0 Å². The predicted octanol–water partition coefficient (Wildman–Crippen LogP) is 2.66. The smallest absolute Gasteiger partial charge is 0.306 e. The Kier molecular flexibility index (Phi) is 4.54. The summed E-state index contributed by atoms with van der Waals surface area (Å²) in [4.78, 5) is 11.3. The zero-order valence-corrected chi connectivity index (χ0v) is 8.55. The average molecular weight is 197 g/mol. The van der Waals surface area contributed by atoms with Crippen molar-refractivity contribution in [1.29, 1.82) is 0 Å². The molecule has 0 saturated heterocycles. The third-order valence-electron chi connectivity index (χ3n) is 1.95. The highest BCUT2D eigenvalue weighted by molar-refractivity contribution is 7.07. The van der Waals surface area contributed by atoms with Gasteiger partial charge in [-0.3, -0.25) is 4.79 Å². The average Bonchev–Trinajstić information content (AvgIpc) is 2.52. The van der Waals surface area contributed by atoms with Crippen LogP contribution in [-0.4, -0.2) is 4.57 Å². The molecule has 0 unspecified atom stereocenters. The fourth-order valence-corrected chi connectivity index (χ4v) is 1.82. The molecule has 0 saturated carbocycles. The summed E-state index contributed by atoms with van der Waals surface area (Å²) in [6.45, 7) is 4.53. The lowest BCUT2D eigenvalue weighted by Gasteiger charge is -1.99. The number of hydrogen-bond acceptors (Lipinski definition) is 2. The van der Waals surface area contributed by atoms with E-state index >= 15 is 0 Å². The maximum absolute atomic E-state index is 11.1. The molecule has 2 nitrogen and oxygen atoms in total. The molecule has 1 aromatic rings. The summed E-state index contributed by atoms with van der Waals surface area (Å²) in [5.41, 5.74) is 0. The molecule has 1 aromatic heterocycles. The van der Waals surface area contributed by atoms with E-state index in [2.05, 4.69) is 6.58 Å². The van der Waals surface area contributed by atoms with Crippen molar-refractivity contribution in [1.82, 2.24) is 4.57 Å². The highest BCUT2D eigenvalue weighted by Gasteiger charge is 1.95. The summed E-state index contributed by atoms with van der Waals surface area (Å²) in [6.07, 6.45) is 8.33. The lowest BCUT2D eigenvalue weighted by molar-refractivity contribution is 0.585. The van der Waals surface area contributed by atoms with E-state index in [0.29, 0.717) is 0 Å². The van der Waals surface area contributed by atoms with Crippen molar-refractivity contribution in [3.8, 4) is 0 Å². The molecule has 0 amide bonds. The molecule has 0 radical (unpaired) electrons. The zero-order valence-electron chi connectivity index (χ0n) is 7.74. The second-order valence-electron chi connectivity index (χ2n) is 3.00. The molecule has 1 heterocycles. The first-order valence-corrected chi connectivity index (χ1v) is 5.47. The van der Waals surface area contributed by atoms with Gasteiger partial charge in [-0.05, 0) is 19.3 Å². The van der Waals surface area contributed by atoms with Gasteiger partial charge in [0.2, 0.25) is 0 Å². The number of aromatic nitrogens is 1. The van der Waals surface area contributed by atoms with Crippen LogP contribution in [0.1, 0.15) is 25.7 Å². The summed E-state index contributed by atoms with van der Waals surface area (Å²) in [5.74, 6) is 0. The largest absolute Gasteiger partial charge is 0.307 e. The number of unbranched alkanes of at least 4 members (excludes halogenated alkanes) is 3. The Labute approximate surface area is 82.5 Å². The molecular formula is C10H15NOS. The van der Waals surface area contributed by atoms with E-state index in [-0.39, 0.29) is 4.87 Å². The highest BCUT2D eigenvalue weighted by atomic mass is 32.1. The third-order valence-corrected chi connectivity index (χ3v) is 2.65. The summed E-state index contributed by atoms with van der Waals surface area (Å²) < 4.78 is 1.78. The van der Waals surface area contributed by atoms with Crippen LogP contribution in [0, 0.1) is 0 Å². The number of rotatable bonds is 6. The second-order valence-corrected chi connectivity index (χ2v) is 3.86. The number of aryl methyl sites for hydroxylation is 1. The first-order valence-electron chi connectivity index (χ1n) is 4.59.